The van der Waals surface area contributed by atoms with Crippen molar-refractivity contribution in [3.8, 4) is 11.8 Å². The molecule has 78 valence electrons. The van der Waals surface area contributed by atoms with Gasteiger partial charge in [-0.25, -0.2) is 4.98 Å². The summed E-state index contributed by atoms with van der Waals surface area (Å²) in [6.07, 6.45) is 1.27. The molecule has 0 fully saturated rings. The molecule has 2 heterocycles. The van der Waals surface area contributed by atoms with Crippen LogP contribution in [0.25, 0.3) is 21.5 Å². The summed E-state index contributed by atoms with van der Waals surface area (Å²) in [4.78, 5) is 20.3. The zero-order valence-corrected chi connectivity index (χ0v) is 7.93. The van der Waals surface area contributed by atoms with Crippen LogP contribution in [0.2, 0.25) is 0 Å². The first-order valence-electron chi connectivity index (χ1n) is 4.24. The van der Waals surface area contributed by atoms with Gasteiger partial charge in [0.2, 0.25) is 0 Å². The first-order valence-corrected chi connectivity index (χ1v) is 4.24. The number of hydrogen-bond donors (Lipinski definition) is 2. The van der Waals surface area contributed by atoms with E-state index in [9.17, 15) is 4.79 Å². The van der Waals surface area contributed by atoms with Gasteiger partial charge in [-0.15, -0.1) is 0 Å². The van der Waals surface area contributed by atoms with E-state index in [-0.39, 0.29) is 12.1 Å². The van der Waals surface area contributed by atoms with E-state index in [1.165, 1.54) is 6.33 Å². The molecule has 0 aromatic carbocycles. The van der Waals surface area contributed by atoms with Gasteiger partial charge in [-0.3, -0.25) is 9.89 Å². The van der Waals surface area contributed by atoms with Gasteiger partial charge in [0.05, 0.1) is 12.9 Å². The van der Waals surface area contributed by atoms with Crippen molar-refractivity contribution in [2.75, 3.05) is 6.54 Å². The van der Waals surface area contributed by atoms with E-state index in [0.717, 1.165) is 0 Å². The number of azide groups is 1. The number of aromatic nitrogens is 4. The molecular formula is C8H5N7O. The van der Waals surface area contributed by atoms with E-state index < -0.39 is 0 Å². The minimum absolute atomic E-state index is 0.0369. The summed E-state index contributed by atoms with van der Waals surface area (Å²) in [5.41, 5.74) is 8.39. The normalized spacial score (nSPS) is 9.25. The van der Waals surface area contributed by atoms with Gasteiger partial charge < -0.3 is 4.98 Å². The van der Waals surface area contributed by atoms with Crippen LogP contribution in [-0.2, 0) is 0 Å². The van der Waals surface area contributed by atoms with Crippen LogP contribution < -0.4 is 5.56 Å². The third kappa shape index (κ3) is 1.70. The molecule has 0 aliphatic rings. The SMILES string of the molecule is [N-]=[N+]=NCC#Cc1[nH]nc2nc[nH]c(=O)c12. The lowest BCUT2D eigenvalue weighted by molar-refractivity contribution is 1.07. The lowest BCUT2D eigenvalue weighted by atomic mass is 10.3. The Morgan fingerprint density at radius 2 is 2.50 bits per heavy atom. The molecule has 0 aliphatic heterocycles. The fourth-order valence-electron chi connectivity index (χ4n) is 1.15. The molecule has 0 spiro atoms. The average Bonchev–Trinajstić information content (AvgIpc) is 2.69. The van der Waals surface area contributed by atoms with Crippen LogP contribution in [0.3, 0.4) is 0 Å². The number of fused-ring (bicyclic) bond motifs is 1. The molecule has 2 rings (SSSR count). The molecule has 8 heteroatoms. The smallest absolute Gasteiger partial charge is 0.263 e. The standard InChI is InChI=1S/C8H5N7O/c9-15-12-3-1-2-5-6-7(14-13-5)10-4-11-8(6)16/h4H,3H2,(H2,10,11,13,14,16). The van der Waals surface area contributed by atoms with Crippen molar-refractivity contribution in [3.63, 3.8) is 0 Å². The number of nitrogens with one attached hydrogen (secondary N) is 2. The highest BCUT2D eigenvalue weighted by Gasteiger charge is 2.07. The van der Waals surface area contributed by atoms with E-state index in [0.29, 0.717) is 16.7 Å². The zero-order chi connectivity index (χ0) is 11.4. The summed E-state index contributed by atoms with van der Waals surface area (Å²) < 4.78 is 0. The molecule has 8 nitrogen and oxygen atoms in total. The molecule has 0 saturated heterocycles. The van der Waals surface area contributed by atoms with Crippen LogP contribution >= 0.6 is 0 Å². The van der Waals surface area contributed by atoms with E-state index in [2.05, 4.69) is 42.0 Å². The Morgan fingerprint density at radius 3 is 3.31 bits per heavy atom. The van der Waals surface area contributed by atoms with Crippen molar-refractivity contribution in [2.45, 2.75) is 0 Å². The Bertz CT molecular complexity index is 679. The molecule has 16 heavy (non-hydrogen) atoms. The van der Waals surface area contributed by atoms with Crippen molar-refractivity contribution in [2.24, 2.45) is 5.11 Å². The molecular weight excluding hydrogens is 210 g/mol. The van der Waals surface area contributed by atoms with Crippen LogP contribution in [0.1, 0.15) is 5.69 Å². The van der Waals surface area contributed by atoms with Crippen LogP contribution in [0.4, 0.5) is 0 Å². The molecule has 0 amide bonds. The number of aromatic amines is 2. The van der Waals surface area contributed by atoms with E-state index in [1.807, 2.05) is 0 Å². The Hall–Kier alpha value is -2.78. The minimum atomic E-state index is -0.313. The number of rotatable bonds is 1. The monoisotopic (exact) mass is 215 g/mol. The molecule has 0 radical (unpaired) electrons. The van der Waals surface area contributed by atoms with Crippen molar-refractivity contribution >= 4 is 11.0 Å². The van der Waals surface area contributed by atoms with Crippen molar-refractivity contribution in [1.29, 1.82) is 0 Å². The summed E-state index contributed by atoms with van der Waals surface area (Å²) in [5.74, 6) is 5.24. The van der Waals surface area contributed by atoms with Gasteiger partial charge in [-0.2, -0.15) is 5.10 Å². The van der Waals surface area contributed by atoms with Crippen LogP contribution in [0.5, 0.6) is 0 Å². The number of H-pyrrole nitrogens is 2. The Labute approximate surface area is 88.3 Å². The Balaban J connectivity index is 2.48. The van der Waals surface area contributed by atoms with Gasteiger partial charge in [-0.05, 0) is 11.5 Å². The molecule has 2 aromatic rings. The molecule has 2 aromatic heterocycles. The Morgan fingerprint density at radius 1 is 1.62 bits per heavy atom. The van der Waals surface area contributed by atoms with Gasteiger partial charge in [0, 0.05) is 4.91 Å². The molecule has 0 unspecified atom stereocenters. The maximum atomic E-state index is 11.4. The van der Waals surface area contributed by atoms with Crippen LogP contribution in [-0.4, -0.2) is 26.7 Å². The Kier molecular flexibility index (Phi) is 2.54. The molecule has 0 aliphatic carbocycles. The summed E-state index contributed by atoms with van der Waals surface area (Å²) in [7, 11) is 0. The molecule has 0 atom stereocenters. The summed E-state index contributed by atoms with van der Waals surface area (Å²) in [5, 5.41) is 9.95. The predicted octanol–water partition coefficient (Wildman–Crippen LogP) is 0.308. The fraction of sp³-hybridized carbons (Fsp3) is 0.125. The highest BCUT2D eigenvalue weighted by atomic mass is 16.1. The maximum Gasteiger partial charge on any atom is 0.263 e. The van der Waals surface area contributed by atoms with Gasteiger partial charge >= 0.3 is 0 Å². The predicted molar refractivity (Wildman–Crippen MR) is 55.4 cm³/mol. The molecule has 0 saturated carbocycles. The van der Waals surface area contributed by atoms with Gasteiger partial charge in [0.1, 0.15) is 11.1 Å². The largest absolute Gasteiger partial charge is 0.312 e. The van der Waals surface area contributed by atoms with Crippen LogP contribution in [0, 0.1) is 11.8 Å². The highest BCUT2D eigenvalue weighted by Crippen LogP contribution is 2.05. The van der Waals surface area contributed by atoms with Gasteiger partial charge in [-0.1, -0.05) is 11.0 Å². The average molecular weight is 215 g/mol. The van der Waals surface area contributed by atoms with Crippen molar-refractivity contribution < 1.29 is 0 Å². The number of hydrogen-bond acceptors (Lipinski definition) is 4. The zero-order valence-electron chi connectivity index (χ0n) is 7.93. The summed E-state index contributed by atoms with van der Waals surface area (Å²) >= 11 is 0. The molecule has 2 N–H and O–H groups in total. The van der Waals surface area contributed by atoms with Gasteiger partial charge in [0.25, 0.3) is 5.56 Å². The second kappa shape index (κ2) is 4.16. The highest BCUT2D eigenvalue weighted by molar-refractivity contribution is 5.79. The summed E-state index contributed by atoms with van der Waals surface area (Å²) in [6, 6.07) is 0. The third-order valence-corrected chi connectivity index (χ3v) is 1.78. The second-order valence-corrected chi connectivity index (χ2v) is 2.72. The van der Waals surface area contributed by atoms with Crippen molar-refractivity contribution in [3.05, 3.63) is 32.8 Å². The first kappa shape index (κ1) is 9.76. The van der Waals surface area contributed by atoms with Crippen LogP contribution in [0.15, 0.2) is 16.2 Å². The molecule has 0 bridgehead atoms. The summed E-state index contributed by atoms with van der Waals surface area (Å²) in [6.45, 7) is 0.0369. The van der Waals surface area contributed by atoms with Gasteiger partial charge in [0.15, 0.2) is 5.65 Å². The number of nitrogens with zero attached hydrogens (tertiary/aromatic N) is 5. The topological polar surface area (TPSA) is 123 Å². The quantitative estimate of drug-likeness (QED) is 0.308. The van der Waals surface area contributed by atoms with E-state index >= 15 is 0 Å². The minimum Gasteiger partial charge on any atom is -0.312 e. The maximum absolute atomic E-state index is 11.4. The second-order valence-electron chi connectivity index (χ2n) is 2.72. The van der Waals surface area contributed by atoms with Crippen molar-refractivity contribution in [1.82, 2.24) is 20.2 Å². The lowest BCUT2D eigenvalue weighted by Gasteiger charge is -1.84. The van der Waals surface area contributed by atoms with E-state index in [4.69, 9.17) is 5.53 Å². The lowest BCUT2D eigenvalue weighted by Crippen LogP contribution is -2.06. The third-order valence-electron chi connectivity index (χ3n) is 1.78. The fourth-order valence-corrected chi connectivity index (χ4v) is 1.15. The van der Waals surface area contributed by atoms with E-state index in [1.54, 1.807) is 0 Å². The first-order chi connectivity index (χ1) is 7.83.